The van der Waals surface area contributed by atoms with Crippen molar-refractivity contribution in [1.29, 1.82) is 0 Å². The Bertz CT molecular complexity index is 828. The van der Waals surface area contributed by atoms with Crippen LogP contribution in [0.15, 0.2) is 23.1 Å². The molecule has 0 aromatic heterocycles. The van der Waals surface area contributed by atoms with Gasteiger partial charge in [-0.3, -0.25) is 9.69 Å². The van der Waals surface area contributed by atoms with Gasteiger partial charge in [0.05, 0.1) is 13.5 Å². The van der Waals surface area contributed by atoms with Gasteiger partial charge in [-0.05, 0) is 51.9 Å². The summed E-state index contributed by atoms with van der Waals surface area (Å²) in [5, 5.41) is 0. The highest BCUT2D eigenvalue weighted by Gasteiger charge is 2.35. The first-order chi connectivity index (χ1) is 13.9. The molecule has 1 aliphatic heterocycles. The zero-order chi connectivity index (χ0) is 21.0. The lowest BCUT2D eigenvalue weighted by Gasteiger charge is -2.42. The van der Waals surface area contributed by atoms with E-state index in [2.05, 4.69) is 9.62 Å². The molecule has 1 N–H and O–H groups in total. The molecule has 1 aromatic rings. The standard InChI is InChI=1S/C21H33N3O4S.ClH/c1-22-29(26,27)19-12-8-9-16(21(19)28-3)15-20(25)23(2)17-10-4-5-11-18(17)24-13-6-7-14-24;/h8-9,12,17-18,22H,4-7,10-11,13-15H2,1-3H3;1H/t17-,18-;/m1./s1. The summed E-state index contributed by atoms with van der Waals surface area (Å²) < 4.78 is 32.3. The second kappa shape index (κ2) is 10.8. The Morgan fingerprint density at radius 3 is 2.50 bits per heavy atom. The Labute approximate surface area is 186 Å². The molecule has 1 saturated heterocycles. The molecule has 170 valence electrons. The molecule has 2 aliphatic rings. The molecule has 30 heavy (non-hydrogen) atoms. The lowest BCUT2D eigenvalue weighted by molar-refractivity contribution is -0.133. The number of hydrogen-bond acceptors (Lipinski definition) is 5. The minimum absolute atomic E-state index is 0. The zero-order valence-electron chi connectivity index (χ0n) is 18.1. The van der Waals surface area contributed by atoms with Crippen molar-refractivity contribution in [3.05, 3.63) is 23.8 Å². The van der Waals surface area contributed by atoms with E-state index in [0.717, 1.165) is 32.4 Å². The molecular weight excluding hydrogens is 426 g/mol. The highest BCUT2D eigenvalue weighted by Crippen LogP contribution is 2.31. The van der Waals surface area contributed by atoms with Crippen LogP contribution in [-0.4, -0.2) is 70.5 Å². The number of rotatable bonds is 7. The molecule has 1 aromatic carbocycles. The quantitative estimate of drug-likeness (QED) is 0.677. The third-order valence-corrected chi connectivity index (χ3v) is 7.80. The second-order valence-electron chi connectivity index (χ2n) is 8.00. The average Bonchev–Trinajstić information content (AvgIpc) is 3.27. The van der Waals surface area contributed by atoms with Gasteiger partial charge < -0.3 is 9.64 Å². The highest BCUT2D eigenvalue weighted by molar-refractivity contribution is 7.89. The van der Waals surface area contributed by atoms with Gasteiger partial charge in [-0.2, -0.15) is 0 Å². The molecule has 1 saturated carbocycles. The molecule has 0 unspecified atom stereocenters. The van der Waals surface area contributed by atoms with Crippen molar-refractivity contribution >= 4 is 28.3 Å². The number of amides is 1. The van der Waals surface area contributed by atoms with Gasteiger partial charge in [0.2, 0.25) is 15.9 Å². The van der Waals surface area contributed by atoms with Crippen molar-refractivity contribution in [2.45, 2.75) is 61.9 Å². The van der Waals surface area contributed by atoms with Gasteiger partial charge in [0, 0.05) is 24.7 Å². The topological polar surface area (TPSA) is 79.0 Å². The Hall–Kier alpha value is -1.35. The minimum Gasteiger partial charge on any atom is -0.495 e. The summed E-state index contributed by atoms with van der Waals surface area (Å²) in [6, 6.07) is 5.55. The van der Waals surface area contributed by atoms with E-state index in [-0.39, 0.29) is 41.4 Å². The van der Waals surface area contributed by atoms with Crippen LogP contribution in [0.5, 0.6) is 5.75 Å². The first-order valence-corrected chi connectivity index (χ1v) is 12.0. The Kier molecular flexibility index (Phi) is 8.97. The predicted octanol–water partition coefficient (Wildman–Crippen LogP) is 2.43. The van der Waals surface area contributed by atoms with Crippen LogP contribution in [0.2, 0.25) is 0 Å². The molecule has 1 heterocycles. The van der Waals surface area contributed by atoms with Gasteiger partial charge in [-0.25, -0.2) is 13.1 Å². The van der Waals surface area contributed by atoms with Crippen molar-refractivity contribution in [3.8, 4) is 5.75 Å². The SMILES string of the molecule is CNS(=O)(=O)c1cccc(CC(=O)N(C)[C@@H]2CCCC[C@H]2N2CCCC2)c1OC.Cl. The van der Waals surface area contributed by atoms with Gasteiger partial charge in [0.15, 0.2) is 0 Å². The van der Waals surface area contributed by atoms with Gasteiger partial charge in [-0.1, -0.05) is 25.0 Å². The van der Waals surface area contributed by atoms with Crippen molar-refractivity contribution in [2.24, 2.45) is 0 Å². The highest BCUT2D eigenvalue weighted by atomic mass is 35.5. The lowest BCUT2D eigenvalue weighted by atomic mass is 9.88. The summed E-state index contributed by atoms with van der Waals surface area (Å²) in [4.78, 5) is 17.7. The fourth-order valence-corrected chi connectivity index (χ4v) is 5.71. The summed E-state index contributed by atoms with van der Waals surface area (Å²) >= 11 is 0. The number of hydrogen-bond donors (Lipinski definition) is 1. The largest absolute Gasteiger partial charge is 0.495 e. The van der Waals surface area contributed by atoms with Crippen LogP contribution < -0.4 is 9.46 Å². The maximum atomic E-state index is 13.2. The monoisotopic (exact) mass is 459 g/mol. The maximum absolute atomic E-state index is 13.2. The smallest absolute Gasteiger partial charge is 0.244 e. The molecule has 3 rings (SSSR count). The van der Waals surface area contributed by atoms with Crippen LogP contribution in [0.1, 0.15) is 44.1 Å². The molecule has 1 amide bonds. The van der Waals surface area contributed by atoms with E-state index in [1.54, 1.807) is 12.1 Å². The van der Waals surface area contributed by atoms with E-state index >= 15 is 0 Å². The number of nitrogens with one attached hydrogen (secondary N) is 1. The number of sulfonamides is 1. The number of carbonyl (C=O) groups is 1. The van der Waals surface area contributed by atoms with Gasteiger partial charge in [0.25, 0.3) is 0 Å². The molecule has 0 bridgehead atoms. The third-order valence-electron chi connectivity index (χ3n) is 6.36. The minimum atomic E-state index is -3.67. The number of carbonyl (C=O) groups excluding carboxylic acids is 1. The molecular formula is C21H34ClN3O4S. The van der Waals surface area contributed by atoms with Crippen molar-refractivity contribution < 1.29 is 17.9 Å². The Morgan fingerprint density at radius 2 is 1.87 bits per heavy atom. The zero-order valence-corrected chi connectivity index (χ0v) is 19.7. The second-order valence-corrected chi connectivity index (χ2v) is 9.85. The molecule has 0 radical (unpaired) electrons. The first kappa shape index (κ1) is 24.9. The summed E-state index contributed by atoms with van der Waals surface area (Å²) in [7, 11) is 1.02. The van der Waals surface area contributed by atoms with Gasteiger partial charge in [-0.15, -0.1) is 12.4 Å². The number of methoxy groups -OCH3 is 1. The van der Waals surface area contributed by atoms with Crippen LogP contribution in [0.4, 0.5) is 0 Å². The average molecular weight is 460 g/mol. The molecule has 1 aliphatic carbocycles. The van der Waals surface area contributed by atoms with Crippen LogP contribution >= 0.6 is 12.4 Å². The van der Waals surface area contributed by atoms with E-state index in [0.29, 0.717) is 11.6 Å². The molecule has 0 spiro atoms. The predicted molar refractivity (Wildman–Crippen MR) is 120 cm³/mol. The summed E-state index contributed by atoms with van der Waals surface area (Å²) in [6.45, 7) is 2.25. The Balaban J connectivity index is 0.00000320. The first-order valence-electron chi connectivity index (χ1n) is 10.5. The molecule has 7 nitrogen and oxygen atoms in total. The summed E-state index contributed by atoms with van der Waals surface area (Å²) in [5.41, 5.74) is 0.592. The number of para-hydroxylation sites is 1. The molecule has 2 atom stereocenters. The fraction of sp³-hybridized carbons (Fsp3) is 0.667. The van der Waals surface area contributed by atoms with E-state index in [1.165, 1.54) is 39.5 Å². The van der Waals surface area contributed by atoms with E-state index in [4.69, 9.17) is 4.74 Å². The number of likely N-dealkylation sites (tertiary alicyclic amines) is 1. The summed E-state index contributed by atoms with van der Waals surface area (Å²) in [6.07, 6.45) is 7.13. The Morgan fingerprint density at radius 1 is 1.20 bits per heavy atom. The number of benzene rings is 1. The number of nitrogens with zero attached hydrogens (tertiary/aromatic N) is 2. The van der Waals surface area contributed by atoms with Crippen LogP contribution in [0, 0.1) is 0 Å². The van der Waals surface area contributed by atoms with Crippen LogP contribution in [-0.2, 0) is 21.2 Å². The number of halogens is 1. The maximum Gasteiger partial charge on any atom is 0.244 e. The van der Waals surface area contributed by atoms with Crippen molar-refractivity contribution in [3.63, 3.8) is 0 Å². The molecule has 9 heteroatoms. The fourth-order valence-electron chi connectivity index (χ4n) is 4.77. The van der Waals surface area contributed by atoms with E-state index < -0.39 is 10.0 Å². The van der Waals surface area contributed by atoms with Crippen molar-refractivity contribution in [2.75, 3.05) is 34.3 Å². The van der Waals surface area contributed by atoms with Gasteiger partial charge >= 0.3 is 0 Å². The normalized spacial score (nSPS) is 22.4. The molecule has 2 fully saturated rings. The third kappa shape index (κ3) is 5.28. The van der Waals surface area contributed by atoms with E-state index in [9.17, 15) is 13.2 Å². The van der Waals surface area contributed by atoms with Gasteiger partial charge in [0.1, 0.15) is 10.6 Å². The van der Waals surface area contributed by atoms with Crippen LogP contribution in [0.25, 0.3) is 0 Å². The summed E-state index contributed by atoms with van der Waals surface area (Å²) in [5.74, 6) is 0.238. The van der Waals surface area contributed by atoms with Crippen LogP contribution in [0.3, 0.4) is 0 Å². The number of likely N-dealkylation sites (N-methyl/N-ethyl adjacent to an activating group) is 1. The number of ether oxygens (including phenoxy) is 1. The lowest BCUT2D eigenvalue weighted by Crippen LogP contribution is -2.53. The van der Waals surface area contributed by atoms with Crippen molar-refractivity contribution in [1.82, 2.24) is 14.5 Å². The van der Waals surface area contributed by atoms with E-state index in [1.807, 2.05) is 11.9 Å².